The van der Waals surface area contributed by atoms with Gasteiger partial charge in [-0.05, 0) is 68.3 Å². The summed E-state index contributed by atoms with van der Waals surface area (Å²) in [5.41, 5.74) is 2.19. The molecule has 166 valence electrons. The fourth-order valence-electron chi connectivity index (χ4n) is 3.72. The quantitative estimate of drug-likeness (QED) is 0.672. The minimum atomic E-state index is -3.63. The highest BCUT2D eigenvalue weighted by Crippen LogP contribution is 2.34. The molecule has 31 heavy (non-hydrogen) atoms. The molecule has 0 fully saturated rings. The number of carbonyl (C=O) groups excluding carboxylic acids is 2. The minimum Gasteiger partial charge on any atom is -0.494 e. The predicted octanol–water partition coefficient (Wildman–Crippen LogP) is 3.58. The number of anilines is 2. The van der Waals surface area contributed by atoms with Crippen LogP contribution in [-0.4, -0.2) is 38.6 Å². The van der Waals surface area contributed by atoms with E-state index in [4.69, 9.17) is 4.74 Å². The van der Waals surface area contributed by atoms with Crippen LogP contribution in [0.25, 0.3) is 0 Å². The normalized spacial score (nSPS) is 15.5. The molecular weight excluding hydrogens is 416 g/mol. The van der Waals surface area contributed by atoms with E-state index < -0.39 is 9.84 Å². The maximum atomic E-state index is 12.8. The second kappa shape index (κ2) is 9.51. The molecule has 0 saturated carbocycles. The Kier molecular flexibility index (Phi) is 7.00. The Hall–Kier alpha value is -2.87. The largest absolute Gasteiger partial charge is 0.494 e. The molecule has 3 rings (SSSR count). The molecule has 2 aromatic carbocycles. The van der Waals surface area contributed by atoms with Crippen molar-refractivity contribution in [3.8, 4) is 5.75 Å². The number of hydrogen-bond donors (Lipinski definition) is 1. The van der Waals surface area contributed by atoms with Gasteiger partial charge in [0.25, 0.3) is 0 Å². The van der Waals surface area contributed by atoms with Crippen LogP contribution in [-0.2, 0) is 25.8 Å². The van der Waals surface area contributed by atoms with Crippen molar-refractivity contribution in [3.63, 3.8) is 0 Å². The summed E-state index contributed by atoms with van der Waals surface area (Å²) in [5.74, 6) is 0.0604. The van der Waals surface area contributed by atoms with Crippen molar-refractivity contribution >= 4 is 33.0 Å². The number of benzene rings is 2. The van der Waals surface area contributed by atoms with Crippen LogP contribution in [0.5, 0.6) is 5.75 Å². The number of nitrogens with zero attached hydrogens (tertiary/aromatic N) is 1. The number of carbonyl (C=O) groups is 2. The molecule has 1 aliphatic rings. The van der Waals surface area contributed by atoms with Crippen LogP contribution in [0.2, 0.25) is 0 Å². The lowest BCUT2D eigenvalue weighted by Gasteiger charge is -2.22. The number of sulfone groups is 1. The summed E-state index contributed by atoms with van der Waals surface area (Å²) in [6.45, 7) is 6.20. The van der Waals surface area contributed by atoms with Gasteiger partial charge in [0, 0.05) is 30.3 Å². The zero-order valence-electron chi connectivity index (χ0n) is 18.1. The van der Waals surface area contributed by atoms with Crippen LogP contribution < -0.4 is 15.0 Å². The van der Waals surface area contributed by atoms with Crippen molar-refractivity contribution in [3.05, 3.63) is 48.0 Å². The van der Waals surface area contributed by atoms with E-state index >= 15 is 0 Å². The molecule has 2 amide bonds. The van der Waals surface area contributed by atoms with Gasteiger partial charge in [-0.3, -0.25) is 9.59 Å². The minimum absolute atomic E-state index is 0.000275. The average molecular weight is 445 g/mol. The lowest BCUT2D eigenvalue weighted by Crippen LogP contribution is -2.35. The fourth-order valence-corrected chi connectivity index (χ4v) is 5.01. The number of nitrogens with one attached hydrogen (secondary N) is 1. The van der Waals surface area contributed by atoms with Crippen molar-refractivity contribution in [2.75, 3.05) is 22.6 Å². The third-order valence-corrected chi connectivity index (χ3v) is 6.96. The molecule has 1 heterocycles. The molecule has 0 bridgehead atoms. The van der Waals surface area contributed by atoms with E-state index in [1.54, 1.807) is 41.3 Å². The number of amides is 2. The third kappa shape index (κ3) is 5.25. The summed E-state index contributed by atoms with van der Waals surface area (Å²) >= 11 is 0. The molecule has 0 spiro atoms. The van der Waals surface area contributed by atoms with Crippen molar-refractivity contribution in [2.45, 2.75) is 51.0 Å². The van der Waals surface area contributed by atoms with Gasteiger partial charge in [0.15, 0.2) is 9.84 Å². The molecule has 1 atom stereocenters. The summed E-state index contributed by atoms with van der Waals surface area (Å²) in [6.07, 6.45) is 0.861. The molecule has 2 aromatic rings. The summed E-state index contributed by atoms with van der Waals surface area (Å²) in [5, 5.41) is 2.70. The Labute approximate surface area is 183 Å². The Morgan fingerprint density at radius 3 is 2.48 bits per heavy atom. The summed E-state index contributed by atoms with van der Waals surface area (Å²) in [7, 11) is -3.63. The van der Waals surface area contributed by atoms with Crippen LogP contribution in [0, 0.1) is 0 Å². The summed E-state index contributed by atoms with van der Waals surface area (Å²) in [4.78, 5) is 26.3. The van der Waals surface area contributed by atoms with Crippen LogP contribution in [0.15, 0.2) is 47.4 Å². The number of ether oxygens (including phenoxy) is 1. The first-order valence-corrected chi connectivity index (χ1v) is 12.1. The lowest BCUT2D eigenvalue weighted by atomic mass is 10.1. The highest BCUT2D eigenvalue weighted by atomic mass is 32.2. The first-order valence-electron chi connectivity index (χ1n) is 10.5. The fraction of sp³-hybridized carbons (Fsp3) is 0.391. The lowest BCUT2D eigenvalue weighted by molar-refractivity contribution is -0.118. The van der Waals surface area contributed by atoms with Crippen molar-refractivity contribution in [2.24, 2.45) is 0 Å². The second-order valence-corrected chi connectivity index (χ2v) is 9.64. The van der Waals surface area contributed by atoms with E-state index in [1.165, 1.54) is 6.07 Å². The van der Waals surface area contributed by atoms with Crippen LogP contribution in [0.3, 0.4) is 0 Å². The Morgan fingerprint density at radius 2 is 1.84 bits per heavy atom. The molecule has 8 heteroatoms. The van der Waals surface area contributed by atoms with Gasteiger partial charge in [-0.25, -0.2) is 8.42 Å². The highest BCUT2D eigenvalue weighted by Gasteiger charge is 2.31. The van der Waals surface area contributed by atoms with Crippen molar-refractivity contribution in [1.29, 1.82) is 0 Å². The van der Waals surface area contributed by atoms with E-state index in [0.717, 1.165) is 11.3 Å². The first kappa shape index (κ1) is 22.8. The van der Waals surface area contributed by atoms with E-state index in [9.17, 15) is 18.0 Å². The number of rotatable bonds is 8. The molecule has 1 N–H and O–H groups in total. The molecular formula is C23H28N2O5S. The molecule has 0 saturated heterocycles. The van der Waals surface area contributed by atoms with Gasteiger partial charge in [0.2, 0.25) is 11.8 Å². The van der Waals surface area contributed by atoms with Gasteiger partial charge < -0.3 is 15.0 Å². The second-order valence-electron chi connectivity index (χ2n) is 7.54. The average Bonchev–Trinajstić information content (AvgIpc) is 3.08. The molecule has 7 nitrogen and oxygen atoms in total. The first-order chi connectivity index (χ1) is 14.7. The van der Waals surface area contributed by atoms with Gasteiger partial charge in [0.1, 0.15) is 5.75 Å². The predicted molar refractivity (Wildman–Crippen MR) is 120 cm³/mol. The van der Waals surface area contributed by atoms with E-state index in [0.29, 0.717) is 30.9 Å². The Bertz CT molecular complexity index is 1060. The van der Waals surface area contributed by atoms with E-state index in [-0.39, 0.29) is 34.9 Å². The summed E-state index contributed by atoms with van der Waals surface area (Å²) < 4.78 is 30.9. The van der Waals surface area contributed by atoms with Gasteiger partial charge in [-0.2, -0.15) is 0 Å². The standard InChI is InChI=1S/C23H28N2O5S/c1-4-23(27)25-16(3)14-17-15-20(10-11-21(17)25)31(28,29)13-12-22(26)24-18-6-8-19(9-7-18)30-5-2/h6-11,15-16H,4-5,12-14H2,1-3H3,(H,24,26)/t16-/m1/s1. The molecule has 0 radical (unpaired) electrons. The maximum absolute atomic E-state index is 12.8. The van der Waals surface area contributed by atoms with Crippen molar-refractivity contribution < 1.29 is 22.7 Å². The number of hydrogen-bond acceptors (Lipinski definition) is 5. The van der Waals surface area contributed by atoms with Gasteiger partial charge in [-0.1, -0.05) is 6.92 Å². The maximum Gasteiger partial charge on any atom is 0.226 e. The summed E-state index contributed by atoms with van der Waals surface area (Å²) in [6, 6.07) is 11.8. The van der Waals surface area contributed by atoms with Gasteiger partial charge >= 0.3 is 0 Å². The Morgan fingerprint density at radius 1 is 1.13 bits per heavy atom. The topological polar surface area (TPSA) is 92.8 Å². The van der Waals surface area contributed by atoms with Gasteiger partial charge in [0.05, 0.1) is 17.3 Å². The molecule has 0 aliphatic carbocycles. The smallest absolute Gasteiger partial charge is 0.226 e. The zero-order chi connectivity index (χ0) is 22.6. The monoisotopic (exact) mass is 444 g/mol. The number of fused-ring (bicyclic) bond motifs is 1. The van der Waals surface area contributed by atoms with Crippen molar-refractivity contribution in [1.82, 2.24) is 0 Å². The molecule has 0 aromatic heterocycles. The van der Waals surface area contributed by atoms with E-state index in [1.807, 2.05) is 20.8 Å². The SMILES string of the molecule is CCOc1ccc(NC(=O)CCS(=O)(=O)c2ccc3c(c2)C[C@@H](C)N3C(=O)CC)cc1. The van der Waals surface area contributed by atoms with Crippen LogP contribution >= 0.6 is 0 Å². The molecule has 0 unspecified atom stereocenters. The molecule has 1 aliphatic heterocycles. The zero-order valence-corrected chi connectivity index (χ0v) is 18.9. The van der Waals surface area contributed by atoms with E-state index in [2.05, 4.69) is 5.32 Å². The highest BCUT2D eigenvalue weighted by molar-refractivity contribution is 7.91. The van der Waals surface area contributed by atoms with Gasteiger partial charge in [-0.15, -0.1) is 0 Å². The van der Waals surface area contributed by atoms with Crippen LogP contribution in [0.4, 0.5) is 11.4 Å². The Balaban J connectivity index is 1.64. The third-order valence-electron chi connectivity index (χ3n) is 5.24. The van der Waals surface area contributed by atoms with Crippen LogP contribution in [0.1, 0.15) is 39.2 Å².